The van der Waals surface area contributed by atoms with E-state index in [1.165, 1.54) is 4.48 Å². The third kappa shape index (κ3) is 1.20. The lowest BCUT2D eigenvalue weighted by molar-refractivity contribution is -0.115. The average Bonchev–Trinajstić information content (AvgIpc) is 2.12. The van der Waals surface area contributed by atoms with Gasteiger partial charge in [0, 0.05) is 16.5 Å². The fourth-order valence-corrected chi connectivity index (χ4v) is 2.11. The van der Waals surface area contributed by atoms with E-state index in [9.17, 15) is 4.79 Å². The maximum absolute atomic E-state index is 11.4. The predicted octanol–water partition coefficient (Wildman–Crippen LogP) is 2.88. The number of carbonyl (C=O) groups excluding carboxylic acids is 1. The van der Waals surface area contributed by atoms with Crippen molar-refractivity contribution in [3.63, 3.8) is 0 Å². The van der Waals surface area contributed by atoms with E-state index in [0.717, 1.165) is 24.0 Å². The van der Waals surface area contributed by atoms with Crippen molar-refractivity contribution in [1.29, 1.82) is 0 Å². The van der Waals surface area contributed by atoms with Gasteiger partial charge in [0.15, 0.2) is 5.78 Å². The quantitative estimate of drug-likeness (QED) is 0.619. The predicted molar refractivity (Wildman–Crippen MR) is 52.0 cm³/mol. The van der Waals surface area contributed by atoms with Gasteiger partial charge in [-0.25, -0.2) is 0 Å². The molecular weight excluding hydrogens is 216 g/mol. The first-order chi connectivity index (χ1) is 5.79. The van der Waals surface area contributed by atoms with Crippen LogP contribution in [0.2, 0.25) is 0 Å². The number of hydrogen-bond acceptors (Lipinski definition) is 1. The highest BCUT2D eigenvalue weighted by Crippen LogP contribution is 2.33. The molecule has 0 radical (unpaired) electrons. The van der Waals surface area contributed by atoms with Gasteiger partial charge in [0.05, 0.1) is 0 Å². The summed E-state index contributed by atoms with van der Waals surface area (Å²) < 4.78 is 1.17. The Bertz CT molecular complexity index is 321. The Morgan fingerprint density at radius 1 is 1.33 bits per heavy atom. The van der Waals surface area contributed by atoms with Crippen LogP contribution in [0.25, 0.3) is 0 Å². The van der Waals surface area contributed by atoms with Crippen LogP contribution in [0.1, 0.15) is 19.3 Å². The molecule has 0 aliphatic heterocycles. The molecule has 0 aromatic rings. The number of halogens is 1. The lowest BCUT2D eigenvalue weighted by Gasteiger charge is -2.18. The van der Waals surface area contributed by atoms with Crippen LogP contribution in [0, 0.1) is 0 Å². The van der Waals surface area contributed by atoms with E-state index < -0.39 is 0 Å². The standard InChI is InChI=1S/C10H9BrO/c11-9-5-6-10(12)8-4-2-1-3-7(8)9/h1,3-4H,2,5-6H2. The number of fused-ring (bicyclic) bond motifs is 1. The second-order valence-electron chi connectivity index (χ2n) is 3.00. The third-order valence-corrected chi connectivity index (χ3v) is 3.02. The van der Waals surface area contributed by atoms with Gasteiger partial charge in [-0.15, -0.1) is 0 Å². The molecule has 0 N–H and O–H groups in total. The molecule has 0 saturated heterocycles. The third-order valence-electron chi connectivity index (χ3n) is 2.20. The maximum Gasteiger partial charge on any atom is 0.163 e. The Morgan fingerprint density at radius 2 is 2.17 bits per heavy atom. The fourth-order valence-electron chi connectivity index (χ4n) is 1.56. The summed E-state index contributed by atoms with van der Waals surface area (Å²) in [5.74, 6) is 0.289. The van der Waals surface area contributed by atoms with Crippen molar-refractivity contribution < 1.29 is 4.79 Å². The number of ketones is 1. The summed E-state index contributed by atoms with van der Waals surface area (Å²) in [6.45, 7) is 0. The van der Waals surface area contributed by atoms with Gasteiger partial charge in [-0.1, -0.05) is 34.2 Å². The molecule has 0 spiro atoms. The topological polar surface area (TPSA) is 17.1 Å². The molecular formula is C10H9BrO. The van der Waals surface area contributed by atoms with Gasteiger partial charge in [0.25, 0.3) is 0 Å². The molecule has 0 heterocycles. The summed E-state index contributed by atoms with van der Waals surface area (Å²) in [4.78, 5) is 11.4. The Kier molecular flexibility index (Phi) is 2.01. The lowest BCUT2D eigenvalue weighted by atomic mass is 9.89. The van der Waals surface area contributed by atoms with E-state index in [4.69, 9.17) is 0 Å². The Labute approximate surface area is 80.0 Å². The van der Waals surface area contributed by atoms with Gasteiger partial charge in [-0.2, -0.15) is 0 Å². The Hall–Kier alpha value is -0.630. The number of Topliss-reactive ketones (excluding diaryl/α,β-unsaturated/α-hetero) is 1. The van der Waals surface area contributed by atoms with Crippen LogP contribution in [-0.4, -0.2) is 5.78 Å². The smallest absolute Gasteiger partial charge is 0.163 e. The normalized spacial score (nSPS) is 22.4. The van der Waals surface area contributed by atoms with Crippen LogP contribution >= 0.6 is 15.9 Å². The first kappa shape index (κ1) is 7.99. The van der Waals surface area contributed by atoms with E-state index in [-0.39, 0.29) is 5.78 Å². The van der Waals surface area contributed by atoms with Crippen molar-refractivity contribution in [2.45, 2.75) is 19.3 Å². The van der Waals surface area contributed by atoms with Crippen LogP contribution in [0.4, 0.5) is 0 Å². The van der Waals surface area contributed by atoms with Gasteiger partial charge < -0.3 is 0 Å². The zero-order chi connectivity index (χ0) is 8.55. The first-order valence-corrected chi connectivity index (χ1v) is 4.87. The Balaban J connectivity index is 2.49. The van der Waals surface area contributed by atoms with Crippen LogP contribution in [-0.2, 0) is 4.79 Å². The molecule has 0 aromatic heterocycles. The fraction of sp³-hybridized carbons (Fsp3) is 0.300. The van der Waals surface area contributed by atoms with Gasteiger partial charge >= 0.3 is 0 Å². The zero-order valence-electron chi connectivity index (χ0n) is 6.64. The number of hydrogen-bond donors (Lipinski definition) is 0. The summed E-state index contributed by atoms with van der Waals surface area (Å²) in [6.07, 6.45) is 8.54. The molecule has 0 bridgehead atoms. The van der Waals surface area contributed by atoms with Crippen LogP contribution in [0.5, 0.6) is 0 Å². The molecule has 2 aliphatic carbocycles. The molecule has 2 heteroatoms. The highest BCUT2D eigenvalue weighted by atomic mass is 79.9. The molecule has 0 fully saturated rings. The summed E-state index contributed by atoms with van der Waals surface area (Å²) >= 11 is 3.49. The van der Waals surface area contributed by atoms with Crippen molar-refractivity contribution >= 4 is 21.7 Å². The summed E-state index contributed by atoms with van der Waals surface area (Å²) in [6, 6.07) is 0. The highest BCUT2D eigenvalue weighted by molar-refractivity contribution is 9.11. The molecule has 0 atom stereocenters. The molecule has 0 unspecified atom stereocenters. The maximum atomic E-state index is 11.4. The molecule has 62 valence electrons. The molecule has 12 heavy (non-hydrogen) atoms. The van der Waals surface area contributed by atoms with Crippen LogP contribution in [0.3, 0.4) is 0 Å². The minimum absolute atomic E-state index is 0.289. The van der Waals surface area contributed by atoms with E-state index in [0.29, 0.717) is 6.42 Å². The highest BCUT2D eigenvalue weighted by Gasteiger charge is 2.21. The van der Waals surface area contributed by atoms with Gasteiger partial charge in [0.2, 0.25) is 0 Å². The number of carbonyl (C=O) groups is 1. The average molecular weight is 225 g/mol. The monoisotopic (exact) mass is 224 g/mol. The van der Waals surface area contributed by atoms with E-state index >= 15 is 0 Å². The van der Waals surface area contributed by atoms with Gasteiger partial charge in [0.1, 0.15) is 0 Å². The summed E-state index contributed by atoms with van der Waals surface area (Å²) in [5, 5.41) is 0. The SMILES string of the molecule is O=C1CCC(Br)=C2C=CCC=C12. The van der Waals surface area contributed by atoms with Crippen molar-refractivity contribution in [2.24, 2.45) is 0 Å². The minimum atomic E-state index is 0.289. The lowest BCUT2D eigenvalue weighted by Crippen LogP contribution is -2.12. The summed E-state index contributed by atoms with van der Waals surface area (Å²) in [5.41, 5.74) is 2.01. The molecule has 2 aliphatic rings. The van der Waals surface area contributed by atoms with E-state index in [1.807, 2.05) is 12.2 Å². The van der Waals surface area contributed by atoms with Crippen molar-refractivity contribution in [2.75, 3.05) is 0 Å². The molecule has 0 amide bonds. The second kappa shape index (κ2) is 3.02. The molecule has 1 nitrogen and oxygen atoms in total. The first-order valence-electron chi connectivity index (χ1n) is 4.08. The second-order valence-corrected chi connectivity index (χ2v) is 3.95. The van der Waals surface area contributed by atoms with Crippen molar-refractivity contribution in [3.05, 3.63) is 33.9 Å². The van der Waals surface area contributed by atoms with E-state index in [2.05, 4.69) is 22.0 Å². The van der Waals surface area contributed by atoms with Crippen molar-refractivity contribution in [3.8, 4) is 0 Å². The molecule has 0 aromatic carbocycles. The van der Waals surface area contributed by atoms with Gasteiger partial charge in [-0.05, 0) is 18.4 Å². The molecule has 0 saturated carbocycles. The largest absolute Gasteiger partial charge is 0.294 e. The number of rotatable bonds is 0. The van der Waals surface area contributed by atoms with Crippen LogP contribution in [0.15, 0.2) is 33.9 Å². The summed E-state index contributed by atoms with van der Waals surface area (Å²) in [7, 11) is 0. The zero-order valence-corrected chi connectivity index (χ0v) is 8.23. The molecule has 2 rings (SSSR count). The number of allylic oxidation sites excluding steroid dienone is 6. The van der Waals surface area contributed by atoms with Crippen LogP contribution < -0.4 is 0 Å². The van der Waals surface area contributed by atoms with Gasteiger partial charge in [-0.3, -0.25) is 4.79 Å². The van der Waals surface area contributed by atoms with E-state index in [1.54, 1.807) is 0 Å². The minimum Gasteiger partial charge on any atom is -0.294 e. The Morgan fingerprint density at radius 3 is 2.92 bits per heavy atom. The van der Waals surface area contributed by atoms with Crippen molar-refractivity contribution in [1.82, 2.24) is 0 Å².